The summed E-state index contributed by atoms with van der Waals surface area (Å²) >= 11 is 0.746. The number of nitrogens with one attached hydrogen (secondary N) is 2. The van der Waals surface area contributed by atoms with E-state index < -0.39 is 108 Å². The number of phosphoric ester groups is 3. The minimum absolute atomic E-state index is 0.0107. The number of amides is 2. The van der Waals surface area contributed by atoms with Gasteiger partial charge in [-0.05, 0) is 19.3 Å². The summed E-state index contributed by atoms with van der Waals surface area (Å²) in [5, 5.41) is 44.3. The van der Waals surface area contributed by atoms with Crippen molar-refractivity contribution in [2.45, 2.75) is 82.3 Å². The van der Waals surface area contributed by atoms with Crippen molar-refractivity contribution in [3.63, 3.8) is 0 Å². The summed E-state index contributed by atoms with van der Waals surface area (Å²) in [6.07, 6.45) is -8.23. The molecule has 3 rings (SSSR count). The Kier molecular flexibility index (Phi) is 18.7. The van der Waals surface area contributed by atoms with Crippen LogP contribution in [0.2, 0.25) is 0 Å². The third-order valence-electron chi connectivity index (χ3n) is 8.33. The van der Waals surface area contributed by atoms with Crippen molar-refractivity contribution in [3.8, 4) is 0 Å². The molecule has 32 heteroatoms. The van der Waals surface area contributed by atoms with Crippen molar-refractivity contribution in [2.24, 2.45) is 11.1 Å². The van der Waals surface area contributed by atoms with Gasteiger partial charge in [0.25, 0.3) is 0 Å². The van der Waals surface area contributed by atoms with Crippen molar-refractivity contribution in [1.82, 2.24) is 30.2 Å². The highest BCUT2D eigenvalue weighted by Gasteiger charge is 2.50. The Labute approximate surface area is 344 Å². The first kappa shape index (κ1) is 51.3. The van der Waals surface area contributed by atoms with E-state index in [-0.39, 0.29) is 61.5 Å². The lowest BCUT2D eigenvalue weighted by Crippen LogP contribution is -2.46. The molecule has 1 aliphatic rings. The maximum atomic E-state index is 12.7. The molecule has 1 saturated heterocycles. The lowest BCUT2D eigenvalue weighted by molar-refractivity contribution is -0.139. The number of nitrogens with two attached hydrogens (primary N) is 2. The fourth-order valence-corrected chi connectivity index (χ4v) is 8.70. The molecule has 340 valence electrons. The van der Waals surface area contributed by atoms with Gasteiger partial charge >= 0.3 is 29.4 Å². The number of aliphatic carboxylic acids is 1. The molecule has 14 N–H and O–H groups in total. The Hall–Kier alpha value is -3.05. The van der Waals surface area contributed by atoms with E-state index in [4.69, 9.17) is 30.4 Å². The first-order chi connectivity index (χ1) is 27.7. The van der Waals surface area contributed by atoms with Gasteiger partial charge in [-0.3, -0.25) is 37.3 Å². The Balaban J connectivity index is 1.44. The van der Waals surface area contributed by atoms with Crippen LogP contribution in [-0.4, -0.2) is 151 Å². The smallest absolute Gasteiger partial charge is 0.480 e. The second kappa shape index (κ2) is 21.8. The Bertz CT molecular complexity index is 1970. The number of ether oxygens (including phenoxy) is 1. The molecule has 1 fully saturated rings. The normalized spacial score (nSPS) is 22.0. The second-order valence-electron chi connectivity index (χ2n) is 13.6. The van der Waals surface area contributed by atoms with Crippen LogP contribution in [0.3, 0.4) is 0 Å². The van der Waals surface area contributed by atoms with Gasteiger partial charge in [0.15, 0.2) is 17.7 Å². The average Bonchev–Trinajstić information content (AvgIpc) is 3.71. The van der Waals surface area contributed by atoms with Crippen molar-refractivity contribution < 1.29 is 95.5 Å². The van der Waals surface area contributed by atoms with Crippen LogP contribution in [0.1, 0.15) is 45.8 Å². The van der Waals surface area contributed by atoms with Gasteiger partial charge in [-0.2, -0.15) is 4.31 Å². The summed E-state index contributed by atoms with van der Waals surface area (Å²) < 4.78 is 62.0. The molecule has 2 aromatic rings. The minimum Gasteiger partial charge on any atom is -0.480 e. The Morgan fingerprint density at radius 1 is 1.02 bits per heavy atom. The van der Waals surface area contributed by atoms with E-state index in [1.54, 1.807) is 0 Å². The molecule has 1 aliphatic heterocycles. The zero-order chi connectivity index (χ0) is 45.2. The topological polar surface area (TPSA) is 447 Å². The molecule has 0 saturated carbocycles. The van der Waals surface area contributed by atoms with Crippen molar-refractivity contribution >= 4 is 75.1 Å². The quantitative estimate of drug-likeness (QED) is 0.0365. The average molecular weight is 941 g/mol. The van der Waals surface area contributed by atoms with Gasteiger partial charge in [0.2, 0.25) is 16.9 Å². The zero-order valence-corrected chi connectivity index (χ0v) is 35.2. The summed E-state index contributed by atoms with van der Waals surface area (Å²) in [6, 6.07) is -1.11. The molecular weight excluding hydrogens is 893 g/mol. The first-order valence-corrected chi connectivity index (χ1v) is 23.0. The van der Waals surface area contributed by atoms with E-state index in [0.29, 0.717) is 0 Å². The number of carbonyl (C=O) groups is 4. The molecule has 3 heterocycles. The molecule has 28 nitrogen and oxygen atoms in total. The van der Waals surface area contributed by atoms with Gasteiger partial charge < -0.3 is 66.8 Å². The predicted octanol–water partition coefficient (Wildman–Crippen LogP) is -2.39. The van der Waals surface area contributed by atoms with E-state index in [2.05, 4.69) is 34.4 Å². The second-order valence-corrected chi connectivity index (χ2v) is 19.0. The first-order valence-electron chi connectivity index (χ1n) is 17.5. The summed E-state index contributed by atoms with van der Waals surface area (Å²) in [7, 11) is -16.5. The van der Waals surface area contributed by atoms with E-state index in [0.717, 1.165) is 29.0 Å². The molecule has 2 aromatic heterocycles. The summed E-state index contributed by atoms with van der Waals surface area (Å²) in [4.78, 5) is 98.4. The zero-order valence-electron chi connectivity index (χ0n) is 31.7. The number of carbonyl (C=O) groups excluding carboxylic acids is 3. The fraction of sp³-hybridized carbons (Fsp3) is 0.679. The number of thioether (sulfide) groups is 1. The SMILES string of the molecule is CC(C)(COP(=O)(O)OP(=O)(O)OC[C@H]1O[C@@H](n2cnc3c(N)ncnc32)[C@H](O)[C@@H]1OP(=O)(O)O)[C@@H](O)C(=O)NCCC(=O)NCCSC(=O)C(O)CCCC(N)C(=O)O. The summed E-state index contributed by atoms with van der Waals surface area (Å²) in [6.45, 7) is 0.0758. The van der Waals surface area contributed by atoms with Crippen molar-refractivity contribution in [2.75, 3.05) is 37.8 Å². The number of nitrogen functional groups attached to an aromatic ring is 1. The highest BCUT2D eigenvalue weighted by atomic mass is 32.2. The van der Waals surface area contributed by atoms with Crippen molar-refractivity contribution in [1.29, 1.82) is 0 Å². The van der Waals surface area contributed by atoms with Crippen LogP contribution < -0.4 is 22.1 Å². The molecule has 0 radical (unpaired) electrons. The molecule has 0 spiro atoms. The molecule has 0 aromatic carbocycles. The number of imidazole rings is 1. The molecule has 9 atom stereocenters. The number of carboxylic acid groups (broad SMARTS) is 1. The van der Waals surface area contributed by atoms with Gasteiger partial charge in [0.1, 0.15) is 48.4 Å². The molecule has 4 unspecified atom stereocenters. The number of carboxylic acids is 1. The van der Waals surface area contributed by atoms with E-state index in [1.165, 1.54) is 13.8 Å². The van der Waals surface area contributed by atoms with Gasteiger partial charge in [-0.15, -0.1) is 0 Å². The molecule has 0 bridgehead atoms. The predicted molar refractivity (Wildman–Crippen MR) is 203 cm³/mol. The van der Waals surface area contributed by atoms with Crippen LogP contribution in [0.4, 0.5) is 5.82 Å². The van der Waals surface area contributed by atoms with Crippen LogP contribution in [0.5, 0.6) is 0 Å². The molecular formula is C28H47N8O20P3S. The van der Waals surface area contributed by atoms with Gasteiger partial charge in [-0.25, -0.2) is 28.6 Å². The number of aliphatic hydroxyl groups is 3. The molecule has 60 heavy (non-hydrogen) atoms. The van der Waals surface area contributed by atoms with Gasteiger partial charge in [0.05, 0.1) is 19.5 Å². The number of rotatable bonds is 25. The number of phosphoric acid groups is 3. The third-order valence-corrected chi connectivity index (χ3v) is 12.4. The number of aromatic nitrogens is 4. The van der Waals surface area contributed by atoms with Gasteiger partial charge in [-0.1, -0.05) is 25.6 Å². The lowest BCUT2D eigenvalue weighted by atomic mass is 9.87. The van der Waals surface area contributed by atoms with Crippen LogP contribution in [0, 0.1) is 5.41 Å². The summed E-state index contributed by atoms with van der Waals surface area (Å²) in [5.74, 6) is -2.75. The third kappa shape index (κ3) is 15.7. The number of hydrogen-bond acceptors (Lipinski definition) is 21. The minimum atomic E-state index is -5.60. The fourth-order valence-electron chi connectivity index (χ4n) is 5.15. The highest BCUT2D eigenvalue weighted by Crippen LogP contribution is 2.61. The van der Waals surface area contributed by atoms with Crippen LogP contribution in [0.25, 0.3) is 11.2 Å². The maximum Gasteiger partial charge on any atom is 0.481 e. The summed E-state index contributed by atoms with van der Waals surface area (Å²) in [5.41, 5.74) is 9.54. The molecule has 0 aliphatic carbocycles. The lowest BCUT2D eigenvalue weighted by Gasteiger charge is -2.30. The van der Waals surface area contributed by atoms with Crippen LogP contribution in [-0.2, 0) is 55.5 Å². The van der Waals surface area contributed by atoms with E-state index in [9.17, 15) is 67.8 Å². The van der Waals surface area contributed by atoms with Crippen LogP contribution >= 0.6 is 35.2 Å². The van der Waals surface area contributed by atoms with E-state index in [1.807, 2.05) is 0 Å². The standard InChI is InChI=1S/C28H47N8O20P3S/c1-28(2,21(40)24(41)32-7-6-17(38)31-8-9-60-27(44)15(37)5-3-4-14(29)26(42)43)11-53-59(50,51)56-58(48,49)52-10-16-20(55-57(45,46)47)19(39)25(54-16)36-13-35-18-22(30)33-12-34-23(18)36/h12-16,19-21,25,37,39-40H,3-11,29H2,1-2H3,(H,31,38)(H,32,41)(H,42,43)(H,48,49)(H,50,51)(H2,30,33,34)(H2,45,46,47)/t14?,15?,16-,19-,20-,21+,25-/m1/s1. The monoisotopic (exact) mass is 940 g/mol. The highest BCUT2D eigenvalue weighted by molar-refractivity contribution is 8.13. The number of anilines is 1. The van der Waals surface area contributed by atoms with Crippen LogP contribution in [0.15, 0.2) is 12.7 Å². The number of nitrogens with zero attached hydrogens (tertiary/aromatic N) is 4. The van der Waals surface area contributed by atoms with Crippen molar-refractivity contribution in [3.05, 3.63) is 12.7 Å². The van der Waals surface area contributed by atoms with E-state index >= 15 is 0 Å². The van der Waals surface area contributed by atoms with Gasteiger partial charge in [0, 0.05) is 30.7 Å². The number of aliphatic hydroxyl groups excluding tert-OH is 3. The number of fused-ring (bicyclic) bond motifs is 1. The molecule has 2 amide bonds. The largest absolute Gasteiger partial charge is 0.481 e. The maximum absolute atomic E-state index is 12.7. The Morgan fingerprint density at radius 3 is 2.33 bits per heavy atom. The Morgan fingerprint density at radius 2 is 1.68 bits per heavy atom. The number of hydrogen-bond donors (Lipinski definition) is 12.